The van der Waals surface area contributed by atoms with E-state index in [4.69, 9.17) is 0 Å². The SMILES string of the molecule is CC(C)NC(C)(C#N)CC(C)n1cccn1. The summed E-state index contributed by atoms with van der Waals surface area (Å²) in [5.74, 6) is 0. The average molecular weight is 220 g/mol. The van der Waals surface area contributed by atoms with Gasteiger partial charge in [-0.1, -0.05) is 0 Å². The topological polar surface area (TPSA) is 53.6 Å². The fourth-order valence-corrected chi connectivity index (χ4v) is 2.00. The first-order chi connectivity index (χ1) is 7.47. The molecule has 88 valence electrons. The number of rotatable bonds is 5. The summed E-state index contributed by atoms with van der Waals surface area (Å²) in [4.78, 5) is 0. The van der Waals surface area contributed by atoms with Gasteiger partial charge in [0.1, 0.15) is 5.54 Å². The van der Waals surface area contributed by atoms with E-state index in [0.717, 1.165) is 6.42 Å². The Labute approximate surface area is 97.3 Å². The van der Waals surface area contributed by atoms with E-state index in [-0.39, 0.29) is 6.04 Å². The lowest BCUT2D eigenvalue weighted by atomic mass is 9.94. The third-order valence-electron chi connectivity index (χ3n) is 2.53. The summed E-state index contributed by atoms with van der Waals surface area (Å²) >= 11 is 0. The Morgan fingerprint density at radius 1 is 1.50 bits per heavy atom. The molecule has 2 unspecified atom stereocenters. The number of nitrogens with zero attached hydrogens (tertiary/aromatic N) is 3. The zero-order valence-corrected chi connectivity index (χ0v) is 10.4. The molecule has 4 heteroatoms. The summed E-state index contributed by atoms with van der Waals surface area (Å²) in [6, 6.07) is 4.76. The minimum atomic E-state index is -0.500. The number of aromatic nitrogens is 2. The first kappa shape index (κ1) is 12.7. The second-order valence-electron chi connectivity index (χ2n) is 4.78. The Morgan fingerprint density at radius 2 is 2.19 bits per heavy atom. The van der Waals surface area contributed by atoms with Crippen molar-refractivity contribution in [2.75, 3.05) is 0 Å². The molecule has 0 bridgehead atoms. The summed E-state index contributed by atoms with van der Waals surface area (Å²) < 4.78 is 1.89. The molecule has 4 nitrogen and oxygen atoms in total. The summed E-state index contributed by atoms with van der Waals surface area (Å²) in [5, 5.41) is 16.7. The van der Waals surface area contributed by atoms with Gasteiger partial charge >= 0.3 is 0 Å². The molecular formula is C12H20N4. The maximum absolute atomic E-state index is 9.24. The van der Waals surface area contributed by atoms with Crippen molar-refractivity contribution in [3.63, 3.8) is 0 Å². The van der Waals surface area contributed by atoms with Gasteiger partial charge in [0, 0.05) is 24.9 Å². The molecule has 0 saturated heterocycles. The molecule has 0 radical (unpaired) electrons. The van der Waals surface area contributed by atoms with Crippen LogP contribution in [0.3, 0.4) is 0 Å². The van der Waals surface area contributed by atoms with Crippen molar-refractivity contribution in [2.24, 2.45) is 0 Å². The Morgan fingerprint density at radius 3 is 2.62 bits per heavy atom. The fourth-order valence-electron chi connectivity index (χ4n) is 2.00. The minimum Gasteiger partial charge on any atom is -0.297 e. The van der Waals surface area contributed by atoms with Crippen molar-refractivity contribution < 1.29 is 0 Å². The van der Waals surface area contributed by atoms with Crippen molar-refractivity contribution in [2.45, 2.75) is 51.7 Å². The quantitative estimate of drug-likeness (QED) is 0.827. The summed E-state index contributed by atoms with van der Waals surface area (Å²) in [6.07, 6.45) is 4.43. The van der Waals surface area contributed by atoms with Crippen LogP contribution in [-0.2, 0) is 0 Å². The number of nitriles is 1. The maximum atomic E-state index is 9.24. The molecule has 1 aromatic heterocycles. The molecular weight excluding hydrogens is 200 g/mol. The van der Waals surface area contributed by atoms with Crippen LogP contribution in [0.1, 0.15) is 40.2 Å². The van der Waals surface area contributed by atoms with Gasteiger partial charge in [0.2, 0.25) is 0 Å². The van der Waals surface area contributed by atoms with E-state index in [1.54, 1.807) is 6.20 Å². The minimum absolute atomic E-state index is 0.214. The third kappa shape index (κ3) is 3.35. The zero-order valence-electron chi connectivity index (χ0n) is 10.4. The molecule has 2 atom stereocenters. The van der Waals surface area contributed by atoms with Crippen LogP contribution >= 0.6 is 0 Å². The van der Waals surface area contributed by atoms with E-state index in [0.29, 0.717) is 6.04 Å². The molecule has 0 aliphatic carbocycles. The normalized spacial score (nSPS) is 16.8. The molecule has 0 aliphatic rings. The molecule has 0 fully saturated rings. The largest absolute Gasteiger partial charge is 0.297 e. The second-order valence-corrected chi connectivity index (χ2v) is 4.78. The molecule has 1 rings (SSSR count). The van der Waals surface area contributed by atoms with Crippen LogP contribution in [0.25, 0.3) is 0 Å². The van der Waals surface area contributed by atoms with Gasteiger partial charge in [-0.05, 0) is 33.8 Å². The molecule has 0 spiro atoms. The molecule has 1 N–H and O–H groups in total. The third-order valence-corrected chi connectivity index (χ3v) is 2.53. The predicted molar refractivity (Wildman–Crippen MR) is 63.8 cm³/mol. The fraction of sp³-hybridized carbons (Fsp3) is 0.667. The van der Waals surface area contributed by atoms with Crippen LogP contribution in [0.4, 0.5) is 0 Å². The average Bonchev–Trinajstić information content (AvgIpc) is 2.69. The molecule has 0 aliphatic heterocycles. The highest BCUT2D eigenvalue weighted by molar-refractivity contribution is 5.05. The predicted octanol–water partition coefficient (Wildman–Crippen LogP) is 2.11. The Bertz CT molecular complexity index is 350. The summed E-state index contributed by atoms with van der Waals surface area (Å²) in [7, 11) is 0. The monoisotopic (exact) mass is 220 g/mol. The maximum Gasteiger partial charge on any atom is 0.106 e. The van der Waals surface area contributed by atoms with E-state index in [1.165, 1.54) is 0 Å². The van der Waals surface area contributed by atoms with Gasteiger partial charge in [-0.3, -0.25) is 10.00 Å². The van der Waals surface area contributed by atoms with Crippen molar-refractivity contribution in [1.82, 2.24) is 15.1 Å². The van der Waals surface area contributed by atoms with Gasteiger partial charge in [0.15, 0.2) is 0 Å². The van der Waals surface area contributed by atoms with Crippen molar-refractivity contribution in [3.8, 4) is 6.07 Å². The summed E-state index contributed by atoms with van der Waals surface area (Å²) in [5.41, 5.74) is -0.500. The van der Waals surface area contributed by atoms with Gasteiger partial charge < -0.3 is 0 Å². The first-order valence-corrected chi connectivity index (χ1v) is 5.65. The van der Waals surface area contributed by atoms with Crippen LogP contribution in [-0.4, -0.2) is 21.4 Å². The smallest absolute Gasteiger partial charge is 0.106 e. The lowest BCUT2D eigenvalue weighted by Gasteiger charge is -2.28. The summed E-state index contributed by atoms with van der Waals surface area (Å²) in [6.45, 7) is 8.11. The number of hydrogen-bond acceptors (Lipinski definition) is 3. The Kier molecular flexibility index (Phi) is 4.08. The highest BCUT2D eigenvalue weighted by atomic mass is 15.3. The second kappa shape index (κ2) is 5.13. The van der Waals surface area contributed by atoms with Crippen LogP contribution < -0.4 is 5.32 Å². The molecule has 1 aromatic rings. The lowest BCUT2D eigenvalue weighted by molar-refractivity contribution is 0.314. The van der Waals surface area contributed by atoms with Crippen molar-refractivity contribution in [1.29, 1.82) is 5.26 Å². The van der Waals surface area contributed by atoms with E-state index >= 15 is 0 Å². The van der Waals surface area contributed by atoms with E-state index < -0.39 is 5.54 Å². The Hall–Kier alpha value is -1.34. The van der Waals surface area contributed by atoms with E-state index in [1.807, 2.05) is 37.7 Å². The van der Waals surface area contributed by atoms with Crippen LogP contribution in [0.5, 0.6) is 0 Å². The highest BCUT2D eigenvalue weighted by Gasteiger charge is 2.27. The van der Waals surface area contributed by atoms with Gasteiger partial charge in [-0.2, -0.15) is 10.4 Å². The molecule has 1 heterocycles. The van der Waals surface area contributed by atoms with Crippen LogP contribution in [0, 0.1) is 11.3 Å². The van der Waals surface area contributed by atoms with Crippen molar-refractivity contribution in [3.05, 3.63) is 18.5 Å². The van der Waals surface area contributed by atoms with Crippen LogP contribution in [0.15, 0.2) is 18.5 Å². The molecule has 16 heavy (non-hydrogen) atoms. The van der Waals surface area contributed by atoms with Crippen molar-refractivity contribution >= 4 is 0 Å². The van der Waals surface area contributed by atoms with Gasteiger partial charge in [-0.15, -0.1) is 0 Å². The lowest BCUT2D eigenvalue weighted by Crippen LogP contribution is -2.46. The Balaban J connectivity index is 2.67. The van der Waals surface area contributed by atoms with Gasteiger partial charge in [0.05, 0.1) is 12.1 Å². The van der Waals surface area contributed by atoms with Crippen LogP contribution in [0.2, 0.25) is 0 Å². The zero-order chi connectivity index (χ0) is 12.2. The van der Waals surface area contributed by atoms with E-state index in [9.17, 15) is 5.26 Å². The molecule has 0 aromatic carbocycles. The van der Waals surface area contributed by atoms with Gasteiger partial charge in [-0.25, -0.2) is 0 Å². The number of nitrogens with one attached hydrogen (secondary N) is 1. The van der Waals surface area contributed by atoms with Gasteiger partial charge in [0.25, 0.3) is 0 Å². The standard InChI is InChI=1S/C12H20N4/c1-10(2)15-12(4,9-13)8-11(3)16-7-5-6-14-16/h5-7,10-11,15H,8H2,1-4H3. The van der Waals surface area contributed by atoms with E-state index in [2.05, 4.69) is 23.4 Å². The molecule has 0 amide bonds. The molecule has 0 saturated carbocycles. The number of hydrogen-bond donors (Lipinski definition) is 1. The highest BCUT2D eigenvalue weighted by Crippen LogP contribution is 2.20. The first-order valence-electron chi connectivity index (χ1n) is 5.65.